The quantitative estimate of drug-likeness (QED) is 0.774. The number of quaternary nitrogens is 1. The number of hydrogen-bond acceptors (Lipinski definition) is 1. The van der Waals surface area contributed by atoms with Gasteiger partial charge in [-0.15, -0.1) is 0 Å². The summed E-state index contributed by atoms with van der Waals surface area (Å²) < 4.78 is 40.9. The van der Waals surface area contributed by atoms with Crippen molar-refractivity contribution in [3.63, 3.8) is 0 Å². The second kappa shape index (κ2) is 9.91. The molecule has 2 aromatic rings. The van der Waals surface area contributed by atoms with Crippen molar-refractivity contribution in [2.45, 2.75) is 46.1 Å². The van der Waals surface area contributed by atoms with Gasteiger partial charge in [0.05, 0.1) is 19.9 Å². The minimum absolute atomic E-state index is 0. The van der Waals surface area contributed by atoms with E-state index in [1.807, 2.05) is 32.0 Å². The van der Waals surface area contributed by atoms with Crippen LogP contribution in [-0.2, 0) is 11.3 Å². The summed E-state index contributed by atoms with van der Waals surface area (Å²) in [5.74, 6) is -0.105. The zero-order valence-corrected chi connectivity index (χ0v) is 16.9. The van der Waals surface area contributed by atoms with Crippen LogP contribution >= 0.6 is 0 Å². The molecule has 1 aliphatic rings. The molecule has 3 nitrogen and oxygen atoms in total. The number of likely N-dealkylation sites (tertiary alicyclic amines) is 1. The Morgan fingerprint density at radius 3 is 2.22 bits per heavy atom. The highest BCUT2D eigenvalue weighted by Crippen LogP contribution is 2.24. The first kappa shape index (κ1) is 15.1. The molecule has 0 aliphatic carbocycles. The van der Waals surface area contributed by atoms with Crippen molar-refractivity contribution in [3.8, 4) is 0 Å². The molecule has 1 fully saturated rings. The molecule has 1 heterocycles. The van der Waals surface area contributed by atoms with Crippen LogP contribution in [0.4, 0.5) is 5.69 Å². The molecule has 0 spiro atoms. The molecule has 1 amide bonds. The van der Waals surface area contributed by atoms with Gasteiger partial charge in [-0.25, -0.2) is 0 Å². The van der Waals surface area contributed by atoms with Crippen molar-refractivity contribution in [3.05, 3.63) is 65.1 Å². The van der Waals surface area contributed by atoms with Crippen LogP contribution in [0.3, 0.4) is 0 Å². The van der Waals surface area contributed by atoms with Crippen LogP contribution in [0, 0.1) is 13.8 Å². The van der Waals surface area contributed by atoms with E-state index in [9.17, 15) is 4.79 Å². The predicted molar refractivity (Wildman–Crippen MR) is 108 cm³/mol. The van der Waals surface area contributed by atoms with Crippen LogP contribution in [0.2, 0.25) is 0 Å². The number of halogens is 1. The topological polar surface area (TPSA) is 29.1 Å². The molecule has 1 N–H and O–H groups in total. The van der Waals surface area contributed by atoms with Gasteiger partial charge in [-0.05, 0) is 50.7 Å². The molecular weight excluding hydrogens is 356 g/mol. The molecule has 0 radical (unpaired) electrons. The van der Waals surface area contributed by atoms with Crippen molar-refractivity contribution >= 4 is 11.6 Å². The van der Waals surface area contributed by atoms with Gasteiger partial charge in [0.2, 0.25) is 0 Å². The molecule has 0 bridgehead atoms. The second-order valence-electron chi connectivity index (χ2n) is 7.44. The summed E-state index contributed by atoms with van der Waals surface area (Å²) in [7, 11) is 0. The Labute approximate surface area is 176 Å². The Morgan fingerprint density at radius 2 is 1.63 bits per heavy atom. The van der Waals surface area contributed by atoms with E-state index >= 15 is 0 Å². The zero-order valence-electron chi connectivity index (χ0n) is 21.1. The lowest BCUT2D eigenvalue weighted by atomic mass is 10.1. The number of para-hydroxylation sites is 1. The lowest BCUT2D eigenvalue weighted by Crippen LogP contribution is -3.00. The molecule has 1 aliphatic heterocycles. The lowest BCUT2D eigenvalue weighted by molar-refractivity contribution is -0.932. The summed E-state index contributed by atoms with van der Waals surface area (Å²) in [6.07, 6.45) is 4.07. The molecule has 2 aromatic carbocycles. The number of carbonyl (C=O) groups is 1. The first-order chi connectivity index (χ1) is 14.6. The van der Waals surface area contributed by atoms with Gasteiger partial charge < -0.3 is 22.2 Å². The minimum atomic E-state index is -0.381. The average Bonchev–Trinajstić information content (AvgIpc) is 2.97. The van der Waals surface area contributed by atoms with Crippen LogP contribution in [0.25, 0.3) is 0 Å². The number of rotatable bonds is 5. The highest BCUT2D eigenvalue weighted by molar-refractivity contribution is 5.93. The summed E-state index contributed by atoms with van der Waals surface area (Å²) in [5.41, 5.74) is 3.12. The Bertz CT molecular complexity index is 942. The number of hydrogen-bond donors (Lipinski definition) is 1. The fraction of sp³-hybridized carbons (Fsp3) is 0.435. The van der Waals surface area contributed by atoms with Gasteiger partial charge in [0.25, 0.3) is 5.91 Å². The van der Waals surface area contributed by atoms with Gasteiger partial charge in [0, 0.05) is 11.3 Å². The van der Waals surface area contributed by atoms with Crippen molar-refractivity contribution in [2.24, 2.45) is 0 Å². The van der Waals surface area contributed by atoms with Gasteiger partial charge in [0.15, 0.2) is 6.54 Å². The number of benzene rings is 2. The molecule has 0 unspecified atom stereocenters. The Hall–Kier alpha value is -1.84. The average molecular weight is 392 g/mol. The van der Waals surface area contributed by atoms with Crippen LogP contribution in [0.1, 0.15) is 49.2 Å². The fourth-order valence-electron chi connectivity index (χ4n) is 3.92. The van der Waals surface area contributed by atoms with Gasteiger partial charge in [0.1, 0.15) is 6.54 Å². The van der Waals surface area contributed by atoms with Crippen LogP contribution in [0.5, 0.6) is 0 Å². The second-order valence-corrected chi connectivity index (χ2v) is 7.44. The van der Waals surface area contributed by atoms with E-state index in [1.54, 1.807) is 0 Å². The van der Waals surface area contributed by atoms with Crippen molar-refractivity contribution in [2.75, 3.05) is 25.0 Å². The third kappa shape index (κ3) is 5.82. The monoisotopic (exact) mass is 391 g/mol. The van der Waals surface area contributed by atoms with E-state index in [4.69, 9.17) is 6.85 Å². The van der Waals surface area contributed by atoms with Gasteiger partial charge >= 0.3 is 0 Å². The molecule has 0 atom stereocenters. The third-order valence-electron chi connectivity index (χ3n) is 5.28. The molecule has 0 aromatic heterocycles. The van der Waals surface area contributed by atoms with E-state index in [0.29, 0.717) is 10.0 Å². The van der Waals surface area contributed by atoms with E-state index in [-0.39, 0.29) is 61.6 Å². The molecule has 3 rings (SSSR count). The maximum atomic E-state index is 13.1. The Kier molecular flexibility index (Phi) is 5.55. The summed E-state index contributed by atoms with van der Waals surface area (Å²) >= 11 is 0. The number of nitrogens with zero attached hydrogens (tertiary/aromatic N) is 1. The molecular formula is C23H31ClN2O. The standard InChI is InChI=1S/C23H30N2O.ClH/c1-19-11-10-12-20(2)23(19)24-22(26)18-25(15-8-3-4-9-16-25)17-21-13-6-5-7-14-21;/h5-7,10-14H,3-4,8-9,15-18H2,1-2H3;1H/i5D,6D,7D,13D,14D;. The summed E-state index contributed by atoms with van der Waals surface area (Å²) in [4.78, 5) is 13.1. The number of amides is 1. The molecule has 1 saturated heterocycles. The van der Waals surface area contributed by atoms with E-state index < -0.39 is 0 Å². The summed E-state index contributed by atoms with van der Waals surface area (Å²) in [5, 5.41) is 3.07. The first-order valence-corrected chi connectivity index (χ1v) is 9.42. The summed E-state index contributed by atoms with van der Waals surface area (Å²) in [6.45, 7) is 5.91. The normalized spacial score (nSPS) is 18.7. The van der Waals surface area contributed by atoms with Crippen LogP contribution < -0.4 is 17.7 Å². The number of aryl methyl sites for hydroxylation is 2. The predicted octanol–water partition coefficient (Wildman–Crippen LogP) is 1.84. The van der Waals surface area contributed by atoms with Crippen LogP contribution in [0.15, 0.2) is 48.4 Å². The number of nitrogens with one attached hydrogen (secondary N) is 1. The fourth-order valence-corrected chi connectivity index (χ4v) is 3.92. The number of carbonyl (C=O) groups excluding carboxylic acids is 1. The molecule has 146 valence electrons. The van der Waals surface area contributed by atoms with Crippen LogP contribution in [-0.4, -0.2) is 30.0 Å². The van der Waals surface area contributed by atoms with Gasteiger partial charge in [-0.2, -0.15) is 0 Å². The smallest absolute Gasteiger partial charge is 0.279 e. The minimum Gasteiger partial charge on any atom is -1.00 e. The maximum Gasteiger partial charge on any atom is 0.279 e. The van der Waals surface area contributed by atoms with Crippen molar-refractivity contribution in [1.29, 1.82) is 0 Å². The molecule has 27 heavy (non-hydrogen) atoms. The van der Waals surface area contributed by atoms with E-state index in [1.165, 1.54) is 0 Å². The van der Waals surface area contributed by atoms with E-state index in [0.717, 1.165) is 55.6 Å². The first-order valence-electron chi connectivity index (χ1n) is 11.9. The van der Waals surface area contributed by atoms with Crippen molar-refractivity contribution < 1.29 is 28.5 Å². The lowest BCUT2D eigenvalue weighted by Gasteiger charge is -2.37. The van der Waals surface area contributed by atoms with Gasteiger partial charge in [-0.3, -0.25) is 4.79 Å². The van der Waals surface area contributed by atoms with E-state index in [2.05, 4.69) is 5.32 Å². The van der Waals surface area contributed by atoms with Crippen molar-refractivity contribution in [1.82, 2.24) is 0 Å². The zero-order chi connectivity index (χ0) is 22.8. The Balaban J connectivity index is 0.00000363. The largest absolute Gasteiger partial charge is 1.00 e. The SMILES string of the molecule is [2H]c1c([2H])c([2H])c(C[N+]2(CC(=O)Nc3c(C)cccc3C)CCCCCC2)c([2H])c1[2H].[Cl-]. The molecule has 0 saturated carbocycles. The highest BCUT2D eigenvalue weighted by Gasteiger charge is 2.32. The summed E-state index contributed by atoms with van der Waals surface area (Å²) in [6, 6.07) is 4.55. The molecule has 4 heteroatoms. The Morgan fingerprint density at radius 1 is 1.04 bits per heavy atom. The third-order valence-corrected chi connectivity index (χ3v) is 5.28. The maximum absolute atomic E-state index is 13.1. The van der Waals surface area contributed by atoms with Gasteiger partial charge in [-0.1, -0.05) is 48.4 Å². The number of anilines is 1. The highest BCUT2D eigenvalue weighted by atomic mass is 35.5.